The third kappa shape index (κ3) is 2.76. The van der Waals surface area contributed by atoms with Crippen LogP contribution in [0.5, 0.6) is 11.5 Å². The van der Waals surface area contributed by atoms with Crippen molar-refractivity contribution in [3.8, 4) is 17.6 Å². The van der Waals surface area contributed by atoms with Gasteiger partial charge < -0.3 is 14.4 Å². The van der Waals surface area contributed by atoms with Crippen molar-refractivity contribution in [3.05, 3.63) is 53.3 Å². The highest BCUT2D eigenvalue weighted by molar-refractivity contribution is 5.98. The zero-order valence-electron chi connectivity index (χ0n) is 17.4. The van der Waals surface area contributed by atoms with E-state index < -0.39 is 0 Å². The smallest absolute Gasteiger partial charge is 0.256 e. The number of benzene rings is 1. The molecule has 1 aliphatic carbocycles. The van der Waals surface area contributed by atoms with Crippen molar-refractivity contribution in [1.82, 2.24) is 9.88 Å². The maximum Gasteiger partial charge on any atom is 0.256 e. The summed E-state index contributed by atoms with van der Waals surface area (Å²) in [5, 5.41) is 9.19. The first-order valence-corrected chi connectivity index (χ1v) is 9.71. The van der Waals surface area contributed by atoms with E-state index in [1.165, 1.54) is 7.11 Å². The van der Waals surface area contributed by atoms with Crippen LogP contribution in [0.1, 0.15) is 49.3 Å². The van der Waals surface area contributed by atoms with E-state index in [2.05, 4.69) is 38.7 Å². The van der Waals surface area contributed by atoms with E-state index in [4.69, 9.17) is 9.47 Å². The van der Waals surface area contributed by atoms with Crippen molar-refractivity contribution in [2.45, 2.75) is 46.4 Å². The predicted molar refractivity (Wildman–Crippen MR) is 108 cm³/mol. The molecule has 1 saturated carbocycles. The lowest BCUT2D eigenvalue weighted by Crippen LogP contribution is -2.74. The Morgan fingerprint density at radius 2 is 1.93 bits per heavy atom. The van der Waals surface area contributed by atoms with Crippen LogP contribution in [0.4, 0.5) is 0 Å². The van der Waals surface area contributed by atoms with E-state index in [1.807, 2.05) is 17.0 Å². The molecule has 1 amide bonds. The van der Waals surface area contributed by atoms with E-state index >= 15 is 0 Å². The first-order valence-electron chi connectivity index (χ1n) is 9.71. The predicted octanol–water partition coefficient (Wildman–Crippen LogP) is 3.80. The SMILES string of the molecule is COc1cc(O[C@H]2C(C)(C)[C@H](N3Cc4ncccc4C3=O)C2(C)C)ccc1C#N. The topological polar surface area (TPSA) is 75.5 Å². The molecule has 150 valence electrons. The van der Waals surface area contributed by atoms with Crippen LogP contribution >= 0.6 is 0 Å². The van der Waals surface area contributed by atoms with Gasteiger partial charge in [0.2, 0.25) is 0 Å². The van der Waals surface area contributed by atoms with E-state index in [0.29, 0.717) is 29.2 Å². The van der Waals surface area contributed by atoms with Crippen molar-refractivity contribution in [2.75, 3.05) is 7.11 Å². The summed E-state index contributed by atoms with van der Waals surface area (Å²) in [6.45, 7) is 9.08. The second kappa shape index (κ2) is 6.48. The number of hydrogen-bond acceptors (Lipinski definition) is 5. The van der Waals surface area contributed by atoms with Crippen LogP contribution in [0.3, 0.4) is 0 Å². The van der Waals surface area contributed by atoms with Crippen LogP contribution in [0.2, 0.25) is 0 Å². The van der Waals surface area contributed by atoms with Gasteiger partial charge >= 0.3 is 0 Å². The van der Waals surface area contributed by atoms with Gasteiger partial charge in [-0.15, -0.1) is 0 Å². The molecule has 0 saturated heterocycles. The highest BCUT2D eigenvalue weighted by Gasteiger charge is 2.67. The number of pyridine rings is 1. The average Bonchev–Trinajstić information content (AvgIpc) is 3.01. The third-order valence-electron chi connectivity index (χ3n) is 6.32. The van der Waals surface area contributed by atoms with Crippen LogP contribution in [0.25, 0.3) is 0 Å². The molecule has 0 radical (unpaired) electrons. The number of hydrogen-bond donors (Lipinski definition) is 0. The molecule has 6 nitrogen and oxygen atoms in total. The molecular formula is C23H25N3O3. The number of carbonyl (C=O) groups is 1. The molecule has 1 aromatic carbocycles. The van der Waals surface area contributed by atoms with Crippen LogP contribution < -0.4 is 9.47 Å². The standard InChI is InChI=1S/C23H25N3O3/c1-22(2)20(26-13-17-16(19(26)27)7-6-10-25-17)23(3,4)21(22)29-15-9-8-14(12-24)18(11-15)28-5/h6-11,20-21H,13H2,1-5H3/t20-,21-. The number of fused-ring (bicyclic) bond motifs is 1. The fourth-order valence-corrected chi connectivity index (χ4v) is 5.54. The van der Waals surface area contributed by atoms with Crippen LogP contribution in [-0.4, -0.2) is 35.0 Å². The minimum atomic E-state index is -0.262. The zero-order chi connectivity index (χ0) is 21.0. The van der Waals surface area contributed by atoms with Crippen molar-refractivity contribution in [1.29, 1.82) is 5.26 Å². The Bertz CT molecular complexity index is 1010. The maximum atomic E-state index is 13.0. The van der Waals surface area contributed by atoms with Gasteiger partial charge in [-0.2, -0.15) is 5.26 Å². The number of ether oxygens (including phenoxy) is 2. The van der Waals surface area contributed by atoms with E-state index in [0.717, 1.165) is 5.69 Å². The molecule has 0 N–H and O–H groups in total. The van der Waals surface area contributed by atoms with E-state index in [-0.39, 0.29) is 28.9 Å². The summed E-state index contributed by atoms with van der Waals surface area (Å²) >= 11 is 0. The number of carbonyl (C=O) groups excluding carboxylic acids is 1. The Labute approximate surface area is 171 Å². The summed E-state index contributed by atoms with van der Waals surface area (Å²) in [5.41, 5.74) is 1.48. The Kier molecular flexibility index (Phi) is 4.30. The van der Waals surface area contributed by atoms with Gasteiger partial charge in [-0.1, -0.05) is 27.7 Å². The van der Waals surface area contributed by atoms with Crippen molar-refractivity contribution in [3.63, 3.8) is 0 Å². The van der Waals surface area contributed by atoms with Crippen LogP contribution in [-0.2, 0) is 6.54 Å². The summed E-state index contributed by atoms with van der Waals surface area (Å²) < 4.78 is 11.7. The number of rotatable bonds is 4. The molecule has 2 aromatic rings. The second-order valence-electron chi connectivity index (χ2n) is 8.95. The lowest BCUT2D eigenvalue weighted by molar-refractivity contribution is -0.199. The quantitative estimate of drug-likeness (QED) is 0.792. The third-order valence-corrected chi connectivity index (χ3v) is 6.32. The molecule has 1 aromatic heterocycles. The van der Waals surface area contributed by atoms with Crippen LogP contribution in [0.15, 0.2) is 36.5 Å². The number of methoxy groups -OCH3 is 1. The summed E-state index contributed by atoms with van der Waals surface area (Å²) in [6, 6.07) is 11.0. The molecule has 0 unspecified atom stereocenters. The highest BCUT2D eigenvalue weighted by atomic mass is 16.5. The molecule has 4 rings (SSSR count). The van der Waals surface area contributed by atoms with Gasteiger partial charge in [0.15, 0.2) is 0 Å². The van der Waals surface area contributed by atoms with Gasteiger partial charge in [0.25, 0.3) is 5.91 Å². The Morgan fingerprint density at radius 3 is 2.55 bits per heavy atom. The summed E-state index contributed by atoms with van der Waals surface area (Å²) in [6.07, 6.45) is 1.62. The Morgan fingerprint density at radius 1 is 1.21 bits per heavy atom. The molecule has 0 spiro atoms. The summed E-state index contributed by atoms with van der Waals surface area (Å²) in [5.74, 6) is 1.19. The summed E-state index contributed by atoms with van der Waals surface area (Å²) in [7, 11) is 1.54. The summed E-state index contributed by atoms with van der Waals surface area (Å²) in [4.78, 5) is 19.3. The molecule has 1 fully saturated rings. The average molecular weight is 391 g/mol. The van der Waals surface area contributed by atoms with Crippen molar-refractivity contribution >= 4 is 5.91 Å². The van der Waals surface area contributed by atoms with Gasteiger partial charge in [-0.3, -0.25) is 9.78 Å². The number of amides is 1. The Balaban J connectivity index is 1.60. The first-order chi connectivity index (χ1) is 13.7. The van der Waals surface area contributed by atoms with Gasteiger partial charge in [0.05, 0.1) is 30.5 Å². The van der Waals surface area contributed by atoms with Crippen molar-refractivity contribution in [2.24, 2.45) is 10.8 Å². The molecule has 29 heavy (non-hydrogen) atoms. The molecule has 6 heteroatoms. The van der Waals surface area contributed by atoms with Gasteiger partial charge in [-0.05, 0) is 24.3 Å². The fraction of sp³-hybridized carbons (Fsp3) is 0.435. The second-order valence-corrected chi connectivity index (χ2v) is 8.95. The molecule has 1 aliphatic heterocycles. The molecule has 0 bridgehead atoms. The van der Waals surface area contributed by atoms with E-state index in [1.54, 1.807) is 24.4 Å². The molecule has 2 heterocycles. The lowest BCUT2D eigenvalue weighted by atomic mass is 9.49. The van der Waals surface area contributed by atoms with E-state index in [9.17, 15) is 10.1 Å². The van der Waals surface area contributed by atoms with Gasteiger partial charge in [0, 0.05) is 29.1 Å². The first kappa shape index (κ1) is 19.3. The molecular weight excluding hydrogens is 366 g/mol. The minimum Gasteiger partial charge on any atom is -0.495 e. The van der Waals surface area contributed by atoms with Crippen molar-refractivity contribution < 1.29 is 14.3 Å². The maximum absolute atomic E-state index is 13.0. The number of nitriles is 1. The normalized spacial score (nSPS) is 23.7. The number of nitrogens with zero attached hydrogens (tertiary/aromatic N) is 3. The monoisotopic (exact) mass is 391 g/mol. The minimum absolute atomic E-state index is 0.0157. The van der Waals surface area contributed by atoms with Gasteiger partial charge in [0.1, 0.15) is 23.7 Å². The zero-order valence-corrected chi connectivity index (χ0v) is 17.4. The highest BCUT2D eigenvalue weighted by Crippen LogP contribution is 2.59. The largest absolute Gasteiger partial charge is 0.495 e. The fourth-order valence-electron chi connectivity index (χ4n) is 5.54. The lowest BCUT2D eigenvalue weighted by Gasteiger charge is -2.65. The van der Waals surface area contributed by atoms with Gasteiger partial charge in [-0.25, -0.2) is 0 Å². The molecule has 0 atom stereocenters. The van der Waals surface area contributed by atoms with Crippen LogP contribution in [0, 0.1) is 22.2 Å². The Hall–Kier alpha value is -3.07. The molecule has 2 aliphatic rings. The number of aromatic nitrogens is 1.